The van der Waals surface area contributed by atoms with Gasteiger partial charge in [0.15, 0.2) is 11.8 Å². The Labute approximate surface area is 175 Å². The minimum atomic E-state index is 0. The Bertz CT molecular complexity index is 764. The van der Waals surface area contributed by atoms with Crippen molar-refractivity contribution in [2.24, 2.45) is 4.99 Å². The molecule has 0 saturated heterocycles. The van der Waals surface area contributed by atoms with Crippen LogP contribution in [0.15, 0.2) is 23.2 Å². The summed E-state index contributed by atoms with van der Waals surface area (Å²) in [5.74, 6) is 3.53. The van der Waals surface area contributed by atoms with E-state index < -0.39 is 0 Å². The molecule has 1 aliphatic rings. The molecular weight excluding hydrogens is 467 g/mol. The Hall–Kier alpha value is -1.55. The summed E-state index contributed by atoms with van der Waals surface area (Å²) in [6, 6.07) is 5.73. The van der Waals surface area contributed by atoms with Crippen molar-refractivity contribution in [1.82, 2.24) is 25.4 Å². The van der Waals surface area contributed by atoms with Gasteiger partial charge in [0, 0.05) is 31.6 Å². The third-order valence-electron chi connectivity index (χ3n) is 4.27. The molecule has 0 spiro atoms. The molecule has 2 aromatic rings. The van der Waals surface area contributed by atoms with Gasteiger partial charge in [-0.05, 0) is 30.5 Å². The number of hydrogen-bond donors (Lipinski definition) is 2. The predicted octanol–water partition coefficient (Wildman–Crippen LogP) is 2.41. The Morgan fingerprint density at radius 3 is 2.92 bits per heavy atom. The summed E-state index contributed by atoms with van der Waals surface area (Å²) in [5.41, 5.74) is 1.07. The number of halogens is 2. The average molecular weight is 491 g/mol. The maximum absolute atomic E-state index is 6.27. The lowest BCUT2D eigenvalue weighted by atomic mass is 10.1. The van der Waals surface area contributed by atoms with Crippen LogP contribution >= 0.6 is 35.6 Å². The first kappa shape index (κ1) is 20.8. The zero-order valence-electron chi connectivity index (χ0n) is 15.0. The number of nitrogens with zero attached hydrogens (tertiary/aromatic N) is 4. The summed E-state index contributed by atoms with van der Waals surface area (Å²) in [4.78, 5) is 4.25. The van der Waals surface area contributed by atoms with Crippen LogP contribution in [0.5, 0.6) is 5.75 Å². The maximum Gasteiger partial charge on any atom is 0.191 e. The summed E-state index contributed by atoms with van der Waals surface area (Å²) in [5, 5.41) is 15.7. The first-order chi connectivity index (χ1) is 12.2. The third-order valence-corrected chi connectivity index (χ3v) is 4.62. The van der Waals surface area contributed by atoms with E-state index in [-0.39, 0.29) is 24.0 Å². The number of fused-ring (bicyclic) bond motifs is 1. The molecule has 0 bridgehead atoms. The zero-order valence-corrected chi connectivity index (χ0v) is 18.0. The largest absolute Gasteiger partial charge is 0.497 e. The molecule has 26 heavy (non-hydrogen) atoms. The molecule has 1 aliphatic heterocycles. The molecule has 0 fully saturated rings. The first-order valence-corrected chi connectivity index (χ1v) is 8.77. The van der Waals surface area contributed by atoms with E-state index in [2.05, 4.69) is 30.4 Å². The van der Waals surface area contributed by atoms with Crippen molar-refractivity contribution in [3.8, 4) is 5.75 Å². The van der Waals surface area contributed by atoms with Crippen LogP contribution < -0.4 is 15.4 Å². The minimum Gasteiger partial charge on any atom is -0.497 e. The van der Waals surface area contributed by atoms with Gasteiger partial charge in [-0.3, -0.25) is 4.99 Å². The summed E-state index contributed by atoms with van der Waals surface area (Å²) in [7, 11) is 3.39. The van der Waals surface area contributed by atoms with Gasteiger partial charge in [0.05, 0.1) is 13.7 Å². The third kappa shape index (κ3) is 5.00. The Balaban J connectivity index is 0.00000243. The summed E-state index contributed by atoms with van der Waals surface area (Å²) < 4.78 is 7.34. The van der Waals surface area contributed by atoms with E-state index in [1.54, 1.807) is 14.2 Å². The lowest BCUT2D eigenvalue weighted by molar-refractivity contribution is 0.414. The molecule has 7 nitrogen and oxygen atoms in total. The van der Waals surface area contributed by atoms with Crippen molar-refractivity contribution in [1.29, 1.82) is 0 Å². The molecule has 0 saturated carbocycles. The van der Waals surface area contributed by atoms with Crippen molar-refractivity contribution in [3.05, 3.63) is 40.4 Å². The van der Waals surface area contributed by atoms with Crippen LogP contribution in [0.25, 0.3) is 0 Å². The summed E-state index contributed by atoms with van der Waals surface area (Å²) in [6.45, 7) is 2.33. The summed E-state index contributed by atoms with van der Waals surface area (Å²) in [6.07, 6.45) is 2.96. The number of aliphatic imine (C=N–C) groups is 1. The highest BCUT2D eigenvalue weighted by Crippen LogP contribution is 2.22. The molecular formula is C17H24ClIN6O. The van der Waals surface area contributed by atoms with E-state index >= 15 is 0 Å². The van der Waals surface area contributed by atoms with Crippen LogP contribution in [0.4, 0.5) is 0 Å². The fraction of sp³-hybridized carbons (Fsp3) is 0.471. The van der Waals surface area contributed by atoms with E-state index in [0.717, 1.165) is 61.3 Å². The minimum absolute atomic E-state index is 0. The number of methoxy groups -OCH3 is 1. The van der Waals surface area contributed by atoms with Crippen molar-refractivity contribution in [3.63, 3.8) is 0 Å². The zero-order chi connectivity index (χ0) is 17.6. The monoisotopic (exact) mass is 490 g/mol. The highest BCUT2D eigenvalue weighted by Gasteiger charge is 2.17. The number of rotatable bonds is 6. The van der Waals surface area contributed by atoms with Crippen molar-refractivity contribution in [2.75, 3.05) is 20.7 Å². The second-order valence-electron chi connectivity index (χ2n) is 5.85. The van der Waals surface area contributed by atoms with E-state index in [0.29, 0.717) is 11.6 Å². The van der Waals surface area contributed by atoms with Gasteiger partial charge in [0.25, 0.3) is 0 Å². The number of benzene rings is 1. The van der Waals surface area contributed by atoms with Gasteiger partial charge in [0.2, 0.25) is 0 Å². The van der Waals surface area contributed by atoms with Crippen LogP contribution in [-0.4, -0.2) is 41.4 Å². The highest BCUT2D eigenvalue weighted by molar-refractivity contribution is 14.0. The second-order valence-corrected chi connectivity index (χ2v) is 6.25. The van der Waals surface area contributed by atoms with E-state index in [1.807, 2.05) is 18.2 Å². The Kier molecular flexibility index (Phi) is 7.95. The van der Waals surface area contributed by atoms with Crippen LogP contribution in [0, 0.1) is 0 Å². The SMILES string of the molecule is CN=C(NCCc1ccc(OC)cc1Cl)NCc1nnc2n1CCC2.I. The smallest absolute Gasteiger partial charge is 0.191 e. The van der Waals surface area contributed by atoms with Crippen LogP contribution in [-0.2, 0) is 25.9 Å². The van der Waals surface area contributed by atoms with Crippen molar-refractivity contribution in [2.45, 2.75) is 32.4 Å². The topological polar surface area (TPSA) is 76.4 Å². The van der Waals surface area contributed by atoms with Gasteiger partial charge in [-0.1, -0.05) is 17.7 Å². The number of aryl methyl sites for hydroxylation is 1. The normalized spacial score (nSPS) is 13.1. The molecule has 3 rings (SSSR count). The van der Waals surface area contributed by atoms with Crippen molar-refractivity contribution >= 4 is 41.5 Å². The Morgan fingerprint density at radius 1 is 1.35 bits per heavy atom. The molecule has 0 aliphatic carbocycles. The van der Waals surface area contributed by atoms with Crippen LogP contribution in [0.3, 0.4) is 0 Å². The highest BCUT2D eigenvalue weighted by atomic mass is 127. The molecule has 1 aromatic carbocycles. The fourth-order valence-electron chi connectivity index (χ4n) is 2.90. The fourth-order valence-corrected chi connectivity index (χ4v) is 3.16. The first-order valence-electron chi connectivity index (χ1n) is 8.39. The van der Waals surface area contributed by atoms with E-state index in [9.17, 15) is 0 Å². The Morgan fingerprint density at radius 2 is 2.19 bits per heavy atom. The second kappa shape index (κ2) is 9.96. The number of guanidine groups is 1. The van der Waals surface area contributed by atoms with Gasteiger partial charge in [0.1, 0.15) is 11.6 Å². The molecule has 0 unspecified atom stereocenters. The molecule has 2 heterocycles. The average Bonchev–Trinajstić information content (AvgIpc) is 3.23. The van der Waals surface area contributed by atoms with Gasteiger partial charge in [-0.15, -0.1) is 34.2 Å². The van der Waals surface area contributed by atoms with Gasteiger partial charge in [-0.25, -0.2) is 0 Å². The maximum atomic E-state index is 6.27. The molecule has 2 N–H and O–H groups in total. The van der Waals surface area contributed by atoms with Gasteiger partial charge < -0.3 is 19.9 Å². The van der Waals surface area contributed by atoms with Crippen molar-refractivity contribution < 1.29 is 4.74 Å². The number of aromatic nitrogens is 3. The lowest BCUT2D eigenvalue weighted by Gasteiger charge is -2.12. The van der Waals surface area contributed by atoms with E-state index in [1.165, 1.54) is 0 Å². The number of ether oxygens (including phenoxy) is 1. The molecule has 0 amide bonds. The van der Waals surface area contributed by atoms with Crippen LogP contribution in [0.1, 0.15) is 23.6 Å². The predicted molar refractivity (Wildman–Crippen MR) is 114 cm³/mol. The molecule has 142 valence electrons. The van der Waals surface area contributed by atoms with E-state index in [4.69, 9.17) is 16.3 Å². The molecule has 9 heteroatoms. The standard InChI is InChI=1S/C17H23ClN6O.HI/c1-19-17(21-11-16-23-22-15-4-3-9-24(15)16)20-8-7-12-5-6-13(25-2)10-14(12)18;/h5-6,10H,3-4,7-9,11H2,1-2H3,(H2,19,20,21);1H. The number of nitrogens with one attached hydrogen (secondary N) is 2. The molecule has 1 aromatic heterocycles. The number of hydrogen-bond acceptors (Lipinski definition) is 4. The lowest BCUT2D eigenvalue weighted by Crippen LogP contribution is -2.38. The molecule has 0 atom stereocenters. The van der Waals surface area contributed by atoms with Gasteiger partial charge in [-0.2, -0.15) is 0 Å². The van der Waals surface area contributed by atoms with Gasteiger partial charge >= 0.3 is 0 Å². The summed E-state index contributed by atoms with van der Waals surface area (Å²) >= 11 is 6.27. The van der Waals surface area contributed by atoms with Crippen LogP contribution in [0.2, 0.25) is 5.02 Å². The quantitative estimate of drug-likeness (QED) is 0.369. The molecule has 0 radical (unpaired) electrons.